The Morgan fingerprint density at radius 1 is 1.24 bits per heavy atom. The second-order valence-electron chi connectivity index (χ2n) is 8.56. The van der Waals surface area contributed by atoms with Gasteiger partial charge in [-0.25, -0.2) is 4.98 Å². The number of fused-ring (bicyclic) bond motifs is 1. The van der Waals surface area contributed by atoms with Gasteiger partial charge in [0, 0.05) is 28.2 Å². The third-order valence-electron chi connectivity index (χ3n) is 5.89. The Kier molecular flexibility index (Phi) is 4.97. The SMILES string of the molecule is CCC1(c2cccc(SC(F)(F)F)c2)C2=C(Cc3ncsc31)CC(C)(C)CC2=O. The number of carbonyl (C=O) groups excluding carboxylic acids is 1. The Bertz CT molecular complexity index is 1010. The summed E-state index contributed by atoms with van der Waals surface area (Å²) in [6.07, 6.45) is 2.53. The lowest BCUT2D eigenvalue weighted by Gasteiger charge is -2.44. The fourth-order valence-electron chi connectivity index (χ4n) is 4.97. The van der Waals surface area contributed by atoms with E-state index >= 15 is 0 Å². The van der Waals surface area contributed by atoms with Crippen LogP contribution in [0.25, 0.3) is 0 Å². The molecule has 0 spiro atoms. The van der Waals surface area contributed by atoms with E-state index < -0.39 is 10.9 Å². The number of allylic oxidation sites excluding steroid dienone is 2. The van der Waals surface area contributed by atoms with Crippen molar-refractivity contribution < 1.29 is 18.0 Å². The van der Waals surface area contributed by atoms with Crippen LogP contribution in [0, 0.1) is 5.41 Å². The van der Waals surface area contributed by atoms with Crippen molar-refractivity contribution in [3.8, 4) is 0 Å². The van der Waals surface area contributed by atoms with Crippen molar-refractivity contribution in [2.75, 3.05) is 0 Å². The van der Waals surface area contributed by atoms with Gasteiger partial charge in [-0.15, -0.1) is 11.3 Å². The Morgan fingerprint density at radius 2 is 2.00 bits per heavy atom. The van der Waals surface area contributed by atoms with Gasteiger partial charge in [-0.05, 0) is 47.7 Å². The minimum Gasteiger partial charge on any atom is -0.294 e. The number of aromatic nitrogens is 1. The summed E-state index contributed by atoms with van der Waals surface area (Å²) in [5, 5.41) is 0. The fraction of sp³-hybridized carbons (Fsp3) is 0.455. The summed E-state index contributed by atoms with van der Waals surface area (Å²) < 4.78 is 39.0. The zero-order valence-corrected chi connectivity index (χ0v) is 18.2. The Labute approximate surface area is 176 Å². The summed E-state index contributed by atoms with van der Waals surface area (Å²) >= 11 is 1.39. The first-order valence-corrected chi connectivity index (χ1v) is 11.3. The van der Waals surface area contributed by atoms with E-state index in [-0.39, 0.29) is 27.9 Å². The molecule has 0 amide bonds. The fourth-order valence-corrected chi connectivity index (χ4v) is 6.68. The second kappa shape index (κ2) is 6.98. The second-order valence-corrected chi connectivity index (χ2v) is 10.6. The highest BCUT2D eigenvalue weighted by Gasteiger charge is 2.50. The molecule has 7 heteroatoms. The highest BCUT2D eigenvalue weighted by Crippen LogP contribution is 2.55. The number of thioether (sulfide) groups is 1. The lowest BCUT2D eigenvalue weighted by atomic mass is 9.59. The van der Waals surface area contributed by atoms with E-state index in [9.17, 15) is 18.0 Å². The number of hydrogen-bond acceptors (Lipinski definition) is 4. The lowest BCUT2D eigenvalue weighted by molar-refractivity contribution is -0.118. The zero-order chi connectivity index (χ0) is 21.0. The maximum atomic E-state index is 13.4. The van der Waals surface area contributed by atoms with Gasteiger partial charge in [0.25, 0.3) is 0 Å². The Balaban J connectivity index is 1.94. The number of rotatable bonds is 3. The van der Waals surface area contributed by atoms with Crippen LogP contribution in [0.5, 0.6) is 0 Å². The first kappa shape index (κ1) is 20.7. The molecule has 29 heavy (non-hydrogen) atoms. The standard InChI is InChI=1S/C22H22F3NOS2/c1-4-21(14-6-5-7-15(9-14)29-22(23,24)25)18-13(8-16-19(21)28-12-26-16)10-20(2,3)11-17(18)27/h5-7,9,12H,4,8,10-11H2,1-3H3. The lowest BCUT2D eigenvalue weighted by Crippen LogP contribution is -2.42. The van der Waals surface area contributed by atoms with Crippen molar-refractivity contribution in [1.82, 2.24) is 4.98 Å². The molecule has 2 aliphatic rings. The summed E-state index contributed by atoms with van der Waals surface area (Å²) in [7, 11) is 0. The van der Waals surface area contributed by atoms with Crippen LogP contribution in [0.2, 0.25) is 0 Å². The number of benzene rings is 1. The van der Waals surface area contributed by atoms with Crippen LogP contribution in [0.4, 0.5) is 13.2 Å². The number of carbonyl (C=O) groups is 1. The predicted molar refractivity (Wildman–Crippen MR) is 110 cm³/mol. The van der Waals surface area contributed by atoms with Gasteiger partial charge in [0.1, 0.15) is 0 Å². The molecular formula is C22H22F3NOS2. The molecule has 1 aromatic heterocycles. The summed E-state index contributed by atoms with van der Waals surface area (Å²) in [5.41, 5.74) is 0.198. The topological polar surface area (TPSA) is 30.0 Å². The largest absolute Gasteiger partial charge is 0.446 e. The van der Waals surface area contributed by atoms with Gasteiger partial charge in [-0.3, -0.25) is 4.79 Å². The van der Waals surface area contributed by atoms with Gasteiger partial charge in [-0.2, -0.15) is 13.2 Å². The average Bonchev–Trinajstić information content (AvgIpc) is 3.06. The van der Waals surface area contributed by atoms with Gasteiger partial charge < -0.3 is 0 Å². The molecule has 0 N–H and O–H groups in total. The van der Waals surface area contributed by atoms with Crippen molar-refractivity contribution in [3.63, 3.8) is 0 Å². The Hall–Kier alpha value is -1.60. The predicted octanol–water partition coefficient (Wildman–Crippen LogP) is 6.69. The molecule has 1 aromatic carbocycles. The number of hydrogen-bond donors (Lipinski definition) is 0. The van der Waals surface area contributed by atoms with Crippen LogP contribution in [0.15, 0.2) is 45.8 Å². The number of halogens is 3. The third-order valence-corrected chi connectivity index (χ3v) is 7.64. The molecule has 0 aliphatic heterocycles. The quantitative estimate of drug-likeness (QED) is 0.501. The molecule has 0 fully saturated rings. The number of nitrogens with zero attached hydrogens (tertiary/aromatic N) is 1. The number of thiazole rings is 1. The van der Waals surface area contributed by atoms with Crippen molar-refractivity contribution in [3.05, 3.63) is 57.1 Å². The molecule has 0 radical (unpaired) electrons. The van der Waals surface area contributed by atoms with E-state index in [2.05, 4.69) is 18.8 Å². The van der Waals surface area contributed by atoms with E-state index in [0.717, 1.165) is 33.7 Å². The molecular weight excluding hydrogens is 415 g/mol. The van der Waals surface area contributed by atoms with Gasteiger partial charge in [-0.1, -0.05) is 38.5 Å². The number of alkyl halides is 3. The van der Waals surface area contributed by atoms with Crippen LogP contribution >= 0.6 is 23.1 Å². The minimum atomic E-state index is -4.35. The molecule has 2 nitrogen and oxygen atoms in total. The first-order chi connectivity index (χ1) is 13.6. The highest BCUT2D eigenvalue weighted by molar-refractivity contribution is 8.00. The maximum Gasteiger partial charge on any atom is 0.446 e. The molecule has 2 aliphatic carbocycles. The Morgan fingerprint density at radius 3 is 2.69 bits per heavy atom. The average molecular weight is 438 g/mol. The van der Waals surface area contributed by atoms with Crippen molar-refractivity contribution in [2.45, 2.75) is 62.3 Å². The summed E-state index contributed by atoms with van der Waals surface area (Å²) in [6.45, 7) is 6.20. The highest BCUT2D eigenvalue weighted by atomic mass is 32.2. The molecule has 1 heterocycles. The zero-order valence-electron chi connectivity index (χ0n) is 16.5. The maximum absolute atomic E-state index is 13.4. The smallest absolute Gasteiger partial charge is 0.294 e. The summed E-state index contributed by atoms with van der Waals surface area (Å²) in [5.74, 6) is 0.117. The normalized spacial score (nSPS) is 23.7. The molecule has 0 saturated heterocycles. The number of ketones is 1. The van der Waals surface area contributed by atoms with Gasteiger partial charge >= 0.3 is 5.51 Å². The van der Waals surface area contributed by atoms with E-state index in [1.54, 1.807) is 17.6 Å². The van der Waals surface area contributed by atoms with Crippen molar-refractivity contribution in [2.24, 2.45) is 5.41 Å². The van der Waals surface area contributed by atoms with Crippen molar-refractivity contribution >= 4 is 28.9 Å². The summed E-state index contributed by atoms with van der Waals surface area (Å²) in [6, 6.07) is 6.60. The summed E-state index contributed by atoms with van der Waals surface area (Å²) in [4.78, 5) is 19.1. The monoisotopic (exact) mass is 437 g/mol. The van der Waals surface area contributed by atoms with Crippen LogP contribution in [0.3, 0.4) is 0 Å². The molecule has 1 atom stereocenters. The minimum absolute atomic E-state index is 0.112. The molecule has 0 saturated carbocycles. The van der Waals surface area contributed by atoms with Gasteiger partial charge in [0.2, 0.25) is 0 Å². The van der Waals surface area contributed by atoms with E-state index in [4.69, 9.17) is 0 Å². The molecule has 154 valence electrons. The molecule has 0 bridgehead atoms. The third kappa shape index (κ3) is 3.56. The van der Waals surface area contributed by atoms with Crippen molar-refractivity contribution in [1.29, 1.82) is 0 Å². The van der Waals surface area contributed by atoms with E-state index in [1.807, 2.05) is 13.0 Å². The van der Waals surface area contributed by atoms with E-state index in [0.29, 0.717) is 19.3 Å². The van der Waals surface area contributed by atoms with Crippen LogP contribution in [0.1, 0.15) is 56.2 Å². The molecule has 2 aromatic rings. The van der Waals surface area contributed by atoms with E-state index in [1.165, 1.54) is 17.4 Å². The van der Waals surface area contributed by atoms with Gasteiger partial charge in [0.05, 0.1) is 16.6 Å². The number of Topliss-reactive ketones (excluding diaryl/α,β-unsaturated/α-hetero) is 1. The van der Waals surface area contributed by atoms with Crippen LogP contribution in [-0.4, -0.2) is 16.3 Å². The molecule has 1 unspecified atom stereocenters. The van der Waals surface area contributed by atoms with Crippen LogP contribution < -0.4 is 0 Å². The van der Waals surface area contributed by atoms with Gasteiger partial charge in [0.15, 0.2) is 5.78 Å². The molecule has 4 rings (SSSR count). The first-order valence-electron chi connectivity index (χ1n) is 9.60. The van der Waals surface area contributed by atoms with Crippen LogP contribution in [-0.2, 0) is 16.6 Å².